The third-order valence-electron chi connectivity index (χ3n) is 5.59. The van der Waals surface area contributed by atoms with E-state index in [0.29, 0.717) is 39.4 Å². The molecule has 1 aromatic rings. The molecule has 27 heavy (non-hydrogen) atoms. The third-order valence-corrected chi connectivity index (χ3v) is 5.59. The monoisotopic (exact) mass is 373 g/mol. The first-order valence-corrected chi connectivity index (χ1v) is 9.85. The van der Waals surface area contributed by atoms with Gasteiger partial charge in [0.15, 0.2) is 0 Å². The average molecular weight is 373 g/mol. The predicted molar refractivity (Wildman–Crippen MR) is 104 cm³/mol. The largest absolute Gasteiger partial charge is 0.378 e. The molecule has 0 aromatic heterocycles. The molecule has 2 heterocycles. The SMILES string of the molecule is Cc1cccc(C(C(=O)N2CCC(C(=O)N3CCOCC3)CC2)N(C)C)c1. The van der Waals surface area contributed by atoms with Gasteiger partial charge in [-0.25, -0.2) is 0 Å². The molecule has 2 aliphatic heterocycles. The summed E-state index contributed by atoms with van der Waals surface area (Å²) in [5.41, 5.74) is 2.18. The summed E-state index contributed by atoms with van der Waals surface area (Å²) in [5.74, 6) is 0.389. The lowest BCUT2D eigenvalue weighted by Gasteiger charge is -2.37. The number of carbonyl (C=O) groups is 2. The molecule has 6 heteroatoms. The van der Waals surface area contributed by atoms with Crippen molar-refractivity contribution in [2.24, 2.45) is 5.92 Å². The van der Waals surface area contributed by atoms with Crippen LogP contribution >= 0.6 is 0 Å². The van der Waals surface area contributed by atoms with Gasteiger partial charge in [0.1, 0.15) is 6.04 Å². The molecule has 0 N–H and O–H groups in total. The summed E-state index contributed by atoms with van der Waals surface area (Å²) in [5, 5.41) is 0. The van der Waals surface area contributed by atoms with E-state index in [1.807, 2.05) is 53.9 Å². The van der Waals surface area contributed by atoms with Crippen LogP contribution in [0, 0.1) is 12.8 Å². The van der Waals surface area contributed by atoms with Crippen molar-refractivity contribution in [2.75, 3.05) is 53.5 Å². The highest BCUT2D eigenvalue weighted by Crippen LogP contribution is 2.26. The molecule has 148 valence electrons. The number of nitrogens with zero attached hydrogens (tertiary/aromatic N) is 3. The smallest absolute Gasteiger partial charge is 0.244 e. The molecule has 2 amide bonds. The lowest BCUT2D eigenvalue weighted by Crippen LogP contribution is -2.49. The van der Waals surface area contributed by atoms with Crippen LogP contribution in [0.25, 0.3) is 0 Å². The van der Waals surface area contributed by atoms with E-state index in [-0.39, 0.29) is 23.8 Å². The molecular weight excluding hydrogens is 342 g/mol. The molecule has 3 rings (SSSR count). The summed E-state index contributed by atoms with van der Waals surface area (Å²) in [6.07, 6.45) is 1.49. The van der Waals surface area contributed by atoms with Crippen LogP contribution < -0.4 is 0 Å². The number of amides is 2. The van der Waals surface area contributed by atoms with Crippen LogP contribution in [0.3, 0.4) is 0 Å². The summed E-state index contributed by atoms with van der Waals surface area (Å²) >= 11 is 0. The highest BCUT2D eigenvalue weighted by molar-refractivity contribution is 5.84. The van der Waals surface area contributed by atoms with Crippen LogP contribution in [-0.2, 0) is 14.3 Å². The number of piperidine rings is 1. The fourth-order valence-electron chi connectivity index (χ4n) is 4.06. The van der Waals surface area contributed by atoms with Gasteiger partial charge in [0, 0.05) is 32.1 Å². The molecule has 2 fully saturated rings. The normalized spacial score (nSPS) is 20.0. The summed E-state index contributed by atoms with van der Waals surface area (Å²) in [6.45, 7) is 5.98. The Labute approximate surface area is 162 Å². The van der Waals surface area contributed by atoms with E-state index in [1.165, 1.54) is 0 Å². The Morgan fingerprint density at radius 3 is 2.33 bits per heavy atom. The topological polar surface area (TPSA) is 53.1 Å². The minimum absolute atomic E-state index is 0.0314. The summed E-state index contributed by atoms with van der Waals surface area (Å²) in [4.78, 5) is 31.7. The van der Waals surface area contributed by atoms with Crippen LogP contribution in [0.15, 0.2) is 24.3 Å². The van der Waals surface area contributed by atoms with E-state index in [4.69, 9.17) is 4.74 Å². The third kappa shape index (κ3) is 4.68. The van der Waals surface area contributed by atoms with Gasteiger partial charge in [0.05, 0.1) is 13.2 Å². The zero-order valence-electron chi connectivity index (χ0n) is 16.7. The number of ether oxygens (including phenoxy) is 1. The number of likely N-dealkylation sites (N-methyl/N-ethyl adjacent to an activating group) is 1. The van der Waals surface area contributed by atoms with Crippen molar-refractivity contribution < 1.29 is 14.3 Å². The van der Waals surface area contributed by atoms with Gasteiger partial charge in [-0.3, -0.25) is 14.5 Å². The molecule has 1 aromatic carbocycles. The Morgan fingerprint density at radius 1 is 1.07 bits per heavy atom. The number of aryl methyl sites for hydroxylation is 1. The lowest BCUT2D eigenvalue weighted by atomic mass is 9.93. The second-order valence-electron chi connectivity index (χ2n) is 7.82. The fourth-order valence-corrected chi connectivity index (χ4v) is 4.06. The van der Waals surface area contributed by atoms with Crippen molar-refractivity contribution >= 4 is 11.8 Å². The number of hydrogen-bond donors (Lipinski definition) is 0. The van der Waals surface area contributed by atoms with Gasteiger partial charge in [0.2, 0.25) is 11.8 Å². The molecule has 1 unspecified atom stereocenters. The number of morpholine rings is 1. The second-order valence-corrected chi connectivity index (χ2v) is 7.82. The van der Waals surface area contributed by atoms with Crippen LogP contribution in [0.4, 0.5) is 0 Å². The van der Waals surface area contributed by atoms with Crippen molar-refractivity contribution in [3.8, 4) is 0 Å². The van der Waals surface area contributed by atoms with Crippen molar-refractivity contribution in [3.05, 3.63) is 35.4 Å². The van der Waals surface area contributed by atoms with E-state index in [1.54, 1.807) is 0 Å². The standard InChI is InChI=1S/C21H31N3O3/c1-16-5-4-6-18(15-16)19(22(2)3)21(26)23-9-7-17(8-10-23)20(25)24-11-13-27-14-12-24/h4-6,15,17,19H,7-14H2,1-3H3. The summed E-state index contributed by atoms with van der Waals surface area (Å²) < 4.78 is 5.33. The molecule has 2 saturated heterocycles. The molecule has 0 saturated carbocycles. The number of benzene rings is 1. The Kier molecular flexibility index (Phi) is 6.50. The Morgan fingerprint density at radius 2 is 1.74 bits per heavy atom. The quantitative estimate of drug-likeness (QED) is 0.806. The van der Waals surface area contributed by atoms with Gasteiger partial charge in [-0.2, -0.15) is 0 Å². The first-order valence-electron chi connectivity index (χ1n) is 9.85. The molecule has 2 aliphatic rings. The Hall–Kier alpha value is -1.92. The van der Waals surface area contributed by atoms with E-state index in [0.717, 1.165) is 24.0 Å². The molecule has 1 atom stereocenters. The highest BCUT2D eigenvalue weighted by atomic mass is 16.5. The predicted octanol–water partition coefficient (Wildman–Crippen LogP) is 1.70. The van der Waals surface area contributed by atoms with Crippen LogP contribution in [0.1, 0.15) is 30.0 Å². The maximum Gasteiger partial charge on any atom is 0.244 e. The van der Waals surface area contributed by atoms with Gasteiger partial charge in [0.25, 0.3) is 0 Å². The van der Waals surface area contributed by atoms with E-state index >= 15 is 0 Å². The molecule has 0 bridgehead atoms. The highest BCUT2D eigenvalue weighted by Gasteiger charge is 2.34. The first-order chi connectivity index (χ1) is 13.0. The van der Waals surface area contributed by atoms with Crippen LogP contribution in [0.2, 0.25) is 0 Å². The Bertz CT molecular complexity index is 662. The van der Waals surface area contributed by atoms with Gasteiger partial charge in [-0.05, 0) is 39.4 Å². The zero-order chi connectivity index (χ0) is 19.4. The van der Waals surface area contributed by atoms with Gasteiger partial charge >= 0.3 is 0 Å². The van der Waals surface area contributed by atoms with Crippen molar-refractivity contribution in [1.82, 2.24) is 14.7 Å². The molecule has 0 spiro atoms. The van der Waals surface area contributed by atoms with Crippen LogP contribution in [-0.4, -0.2) is 80.0 Å². The fraction of sp³-hybridized carbons (Fsp3) is 0.619. The van der Waals surface area contributed by atoms with E-state index in [2.05, 4.69) is 6.07 Å². The van der Waals surface area contributed by atoms with Crippen molar-refractivity contribution in [2.45, 2.75) is 25.8 Å². The van der Waals surface area contributed by atoms with Gasteiger partial charge in [-0.15, -0.1) is 0 Å². The number of hydrogen-bond acceptors (Lipinski definition) is 4. The maximum absolute atomic E-state index is 13.2. The summed E-state index contributed by atoms with van der Waals surface area (Å²) in [6, 6.07) is 7.86. The van der Waals surface area contributed by atoms with E-state index in [9.17, 15) is 9.59 Å². The van der Waals surface area contributed by atoms with E-state index < -0.39 is 0 Å². The second kappa shape index (κ2) is 8.85. The Balaban J connectivity index is 1.62. The van der Waals surface area contributed by atoms with Gasteiger partial charge < -0.3 is 14.5 Å². The average Bonchev–Trinajstić information content (AvgIpc) is 2.68. The number of rotatable bonds is 4. The molecule has 6 nitrogen and oxygen atoms in total. The zero-order valence-corrected chi connectivity index (χ0v) is 16.7. The minimum atomic E-state index is -0.281. The number of likely N-dealkylation sites (tertiary alicyclic amines) is 1. The van der Waals surface area contributed by atoms with Crippen molar-refractivity contribution in [1.29, 1.82) is 0 Å². The van der Waals surface area contributed by atoms with Gasteiger partial charge in [-0.1, -0.05) is 29.8 Å². The number of carbonyl (C=O) groups excluding carboxylic acids is 2. The maximum atomic E-state index is 13.2. The summed E-state index contributed by atoms with van der Waals surface area (Å²) in [7, 11) is 3.89. The lowest BCUT2D eigenvalue weighted by molar-refractivity contribution is -0.145. The molecule has 0 radical (unpaired) electrons. The van der Waals surface area contributed by atoms with Crippen molar-refractivity contribution in [3.63, 3.8) is 0 Å². The molecular formula is C21H31N3O3. The van der Waals surface area contributed by atoms with Crippen LogP contribution in [0.5, 0.6) is 0 Å². The molecule has 0 aliphatic carbocycles. The minimum Gasteiger partial charge on any atom is -0.378 e. The first kappa shape index (κ1) is 19.8.